The minimum Gasteiger partial charge on any atom is -0.473 e. The minimum atomic E-state index is 0.422. The molecule has 0 fully saturated rings. The molecule has 4 nitrogen and oxygen atoms in total. The van der Waals surface area contributed by atoms with Crippen LogP contribution < -0.4 is 9.47 Å². The lowest BCUT2D eigenvalue weighted by atomic mass is 10.1. The third-order valence-corrected chi connectivity index (χ3v) is 6.52. The molecule has 0 saturated heterocycles. The van der Waals surface area contributed by atoms with Crippen LogP contribution >= 0.6 is 15.9 Å². The van der Waals surface area contributed by atoms with E-state index in [9.17, 15) is 0 Å². The third-order valence-electron chi connectivity index (χ3n) is 5.59. The summed E-state index contributed by atoms with van der Waals surface area (Å²) >= 11 is 3.79. The maximum atomic E-state index is 6.26. The van der Waals surface area contributed by atoms with Gasteiger partial charge < -0.3 is 14.0 Å². The number of hydrogen-bond donors (Lipinski definition) is 0. The Hall–Kier alpha value is -3.57. The number of rotatable bonds is 7. The van der Waals surface area contributed by atoms with Gasteiger partial charge in [0, 0.05) is 35.1 Å². The van der Waals surface area contributed by atoms with Crippen LogP contribution in [0.3, 0.4) is 0 Å². The third kappa shape index (κ3) is 4.50. The van der Waals surface area contributed by atoms with Gasteiger partial charge in [-0.1, -0.05) is 78.9 Å². The van der Waals surface area contributed by atoms with Crippen LogP contribution in [0.5, 0.6) is 11.8 Å². The molecule has 0 amide bonds. The fourth-order valence-electron chi connectivity index (χ4n) is 3.88. The highest BCUT2D eigenvalue weighted by molar-refractivity contribution is 9.10. The van der Waals surface area contributed by atoms with E-state index in [0.717, 1.165) is 37.8 Å². The summed E-state index contributed by atoms with van der Waals surface area (Å²) in [6, 6.07) is 32.4. The van der Waals surface area contributed by atoms with Crippen LogP contribution in [0.25, 0.3) is 22.0 Å². The molecule has 5 heteroatoms. The van der Waals surface area contributed by atoms with E-state index in [0.29, 0.717) is 25.0 Å². The van der Waals surface area contributed by atoms with Crippen LogP contribution in [0.2, 0.25) is 0 Å². The number of ether oxygens (including phenoxy) is 2. The van der Waals surface area contributed by atoms with Crippen molar-refractivity contribution in [3.05, 3.63) is 113 Å². The summed E-state index contributed by atoms with van der Waals surface area (Å²) in [5, 5.41) is 1.14. The Morgan fingerprint density at radius 1 is 0.727 bits per heavy atom. The topological polar surface area (TPSA) is 36.3 Å². The van der Waals surface area contributed by atoms with Crippen LogP contribution in [-0.4, -0.2) is 9.55 Å². The Kier molecular flexibility index (Phi) is 6.13. The number of para-hydroxylation sites is 1. The summed E-state index contributed by atoms with van der Waals surface area (Å²) in [6.45, 7) is 0.870. The maximum absolute atomic E-state index is 6.26. The second kappa shape index (κ2) is 9.51. The molecular formula is C28H23BrN2O2. The first kappa shape index (κ1) is 21.3. The summed E-state index contributed by atoms with van der Waals surface area (Å²) < 4.78 is 15.4. The van der Waals surface area contributed by atoms with Crippen LogP contribution in [0, 0.1) is 0 Å². The fourth-order valence-corrected chi connectivity index (χ4v) is 4.50. The fraction of sp³-hybridized carbons (Fsp3) is 0.107. The van der Waals surface area contributed by atoms with Crippen molar-refractivity contribution in [2.24, 2.45) is 7.05 Å². The monoisotopic (exact) mass is 498 g/mol. The van der Waals surface area contributed by atoms with E-state index in [1.54, 1.807) is 0 Å². The zero-order chi connectivity index (χ0) is 22.6. The van der Waals surface area contributed by atoms with Crippen LogP contribution in [0.15, 0.2) is 102 Å². The van der Waals surface area contributed by atoms with Gasteiger partial charge in [-0.05, 0) is 39.2 Å². The Labute approximate surface area is 201 Å². The van der Waals surface area contributed by atoms with Gasteiger partial charge in [0.1, 0.15) is 13.2 Å². The van der Waals surface area contributed by atoms with Gasteiger partial charge in [-0.15, -0.1) is 0 Å². The van der Waals surface area contributed by atoms with Gasteiger partial charge in [-0.3, -0.25) is 0 Å². The van der Waals surface area contributed by atoms with Crippen molar-refractivity contribution in [2.45, 2.75) is 13.2 Å². The standard InChI is InChI=1S/C28H23BrN2O2/c1-31-24-15-9-8-14-22(24)26(27(31)29)23-16-17-25(32-18-20-10-4-2-5-11-20)30-28(23)33-19-21-12-6-3-7-13-21/h2-17H,18-19H2,1H3. The van der Waals surface area contributed by atoms with Crippen molar-refractivity contribution >= 4 is 26.8 Å². The van der Waals surface area contributed by atoms with Crippen molar-refractivity contribution in [3.8, 4) is 22.9 Å². The largest absolute Gasteiger partial charge is 0.473 e. The van der Waals surface area contributed by atoms with E-state index in [1.807, 2.05) is 92.0 Å². The molecule has 33 heavy (non-hydrogen) atoms. The normalized spacial score (nSPS) is 11.0. The molecule has 0 bridgehead atoms. The number of halogens is 1. The van der Waals surface area contributed by atoms with Gasteiger partial charge in [-0.2, -0.15) is 4.98 Å². The molecule has 0 saturated carbocycles. The molecule has 5 aromatic rings. The molecule has 0 aliphatic rings. The lowest BCUT2D eigenvalue weighted by Crippen LogP contribution is -2.02. The molecule has 0 N–H and O–H groups in total. The minimum absolute atomic E-state index is 0.422. The molecule has 0 aliphatic carbocycles. The number of fused-ring (bicyclic) bond motifs is 1. The van der Waals surface area contributed by atoms with Crippen LogP contribution in [0.4, 0.5) is 0 Å². The average Bonchev–Trinajstić information content (AvgIpc) is 3.12. The van der Waals surface area contributed by atoms with Gasteiger partial charge in [0.15, 0.2) is 0 Å². The molecule has 0 radical (unpaired) electrons. The van der Waals surface area contributed by atoms with E-state index in [4.69, 9.17) is 14.5 Å². The van der Waals surface area contributed by atoms with E-state index < -0.39 is 0 Å². The summed E-state index contributed by atoms with van der Waals surface area (Å²) in [7, 11) is 2.05. The predicted molar refractivity (Wildman–Crippen MR) is 135 cm³/mol. The molecule has 0 spiro atoms. The average molecular weight is 499 g/mol. The zero-order valence-corrected chi connectivity index (χ0v) is 19.8. The van der Waals surface area contributed by atoms with Crippen LogP contribution in [0.1, 0.15) is 11.1 Å². The van der Waals surface area contributed by atoms with Gasteiger partial charge in [0.2, 0.25) is 11.8 Å². The molecule has 5 rings (SSSR count). The predicted octanol–water partition coefficient (Wildman–Crippen LogP) is 7.16. The maximum Gasteiger partial charge on any atom is 0.225 e. The second-order valence-electron chi connectivity index (χ2n) is 7.79. The molecule has 0 unspecified atom stereocenters. The second-order valence-corrected chi connectivity index (χ2v) is 8.54. The van der Waals surface area contributed by atoms with Crippen molar-refractivity contribution in [2.75, 3.05) is 0 Å². The Bertz CT molecular complexity index is 1380. The van der Waals surface area contributed by atoms with Gasteiger partial charge >= 0.3 is 0 Å². The van der Waals surface area contributed by atoms with E-state index >= 15 is 0 Å². The van der Waals surface area contributed by atoms with E-state index in [-0.39, 0.29) is 0 Å². The smallest absolute Gasteiger partial charge is 0.225 e. The van der Waals surface area contributed by atoms with E-state index in [2.05, 4.69) is 32.6 Å². The van der Waals surface area contributed by atoms with Gasteiger partial charge in [0.05, 0.1) is 4.60 Å². The molecule has 0 aliphatic heterocycles. The lowest BCUT2D eigenvalue weighted by molar-refractivity contribution is 0.268. The summed E-state index contributed by atoms with van der Waals surface area (Å²) in [6.07, 6.45) is 0. The van der Waals surface area contributed by atoms with Crippen molar-refractivity contribution in [1.82, 2.24) is 9.55 Å². The number of nitrogens with zero attached hydrogens (tertiary/aromatic N) is 2. The zero-order valence-electron chi connectivity index (χ0n) is 18.2. The Morgan fingerprint density at radius 3 is 2.03 bits per heavy atom. The van der Waals surface area contributed by atoms with Gasteiger partial charge in [0.25, 0.3) is 0 Å². The first-order valence-electron chi connectivity index (χ1n) is 10.8. The highest BCUT2D eigenvalue weighted by Crippen LogP contribution is 2.42. The molecule has 2 heterocycles. The summed E-state index contributed by atoms with van der Waals surface area (Å²) in [4.78, 5) is 4.76. The van der Waals surface area contributed by atoms with Crippen LogP contribution in [-0.2, 0) is 20.3 Å². The van der Waals surface area contributed by atoms with E-state index in [1.165, 1.54) is 0 Å². The molecule has 164 valence electrons. The Balaban J connectivity index is 1.53. The van der Waals surface area contributed by atoms with Gasteiger partial charge in [-0.25, -0.2) is 0 Å². The first-order valence-corrected chi connectivity index (χ1v) is 11.6. The number of hydrogen-bond acceptors (Lipinski definition) is 3. The number of aryl methyl sites for hydroxylation is 1. The van der Waals surface area contributed by atoms with Crippen molar-refractivity contribution < 1.29 is 9.47 Å². The highest BCUT2D eigenvalue weighted by atomic mass is 79.9. The SMILES string of the molecule is Cn1c(Br)c(-c2ccc(OCc3ccccc3)nc2OCc2ccccc2)c2ccccc21. The number of aromatic nitrogens is 2. The first-order chi connectivity index (χ1) is 16.2. The quantitative estimate of drug-likeness (QED) is 0.238. The molecule has 0 atom stereocenters. The van der Waals surface area contributed by atoms with Crippen molar-refractivity contribution in [3.63, 3.8) is 0 Å². The molecule has 2 aromatic heterocycles. The highest BCUT2D eigenvalue weighted by Gasteiger charge is 2.20. The summed E-state index contributed by atoms with van der Waals surface area (Å²) in [5.74, 6) is 1.07. The number of benzene rings is 3. The van der Waals surface area contributed by atoms with Crippen molar-refractivity contribution in [1.29, 1.82) is 0 Å². The molecular weight excluding hydrogens is 476 g/mol. The molecule has 3 aromatic carbocycles. The Morgan fingerprint density at radius 2 is 1.33 bits per heavy atom. The number of pyridine rings is 1. The summed E-state index contributed by atoms with van der Waals surface area (Å²) in [5.41, 5.74) is 5.28. The lowest BCUT2D eigenvalue weighted by Gasteiger charge is -2.13.